The number of nitrogens with zero attached hydrogens (tertiary/aromatic N) is 4. The maximum absolute atomic E-state index is 5.57. The number of thiophene rings is 1. The predicted octanol–water partition coefficient (Wildman–Crippen LogP) is 15.4. The highest BCUT2D eigenvalue weighted by Gasteiger charge is 2.22. The van der Waals surface area contributed by atoms with Crippen LogP contribution >= 0.6 is 11.3 Å². The van der Waals surface area contributed by atoms with Crippen molar-refractivity contribution in [1.82, 2.24) is 19.1 Å². The summed E-state index contributed by atoms with van der Waals surface area (Å²) in [5.41, 5.74) is 11.8. The van der Waals surface area contributed by atoms with Crippen molar-refractivity contribution in [3.05, 3.63) is 207 Å². The van der Waals surface area contributed by atoms with Crippen LogP contribution in [0.1, 0.15) is 0 Å². The van der Waals surface area contributed by atoms with Crippen LogP contribution in [0.4, 0.5) is 0 Å². The Balaban J connectivity index is 1.11. The molecule has 0 amide bonds. The Labute approximate surface area is 355 Å². The van der Waals surface area contributed by atoms with E-state index in [0.717, 1.165) is 77.2 Å². The molecule has 0 bridgehead atoms. The minimum Gasteiger partial charge on any atom is -0.309 e. The largest absolute Gasteiger partial charge is 0.309 e. The van der Waals surface area contributed by atoms with Gasteiger partial charge in [0.2, 0.25) is 5.95 Å². The summed E-state index contributed by atoms with van der Waals surface area (Å²) in [5.74, 6) is 0.648. The molecular formula is C56H36N4S. The van der Waals surface area contributed by atoms with Gasteiger partial charge in [0, 0.05) is 53.2 Å². The van der Waals surface area contributed by atoms with E-state index < -0.39 is 0 Å². The predicted molar refractivity (Wildman–Crippen MR) is 261 cm³/mol. The highest BCUT2D eigenvalue weighted by Crippen LogP contribution is 2.43. The first kappa shape index (κ1) is 35.1. The van der Waals surface area contributed by atoms with Gasteiger partial charge in [0.25, 0.3) is 0 Å². The number of hydrogen-bond donors (Lipinski definition) is 0. The van der Waals surface area contributed by atoms with Crippen molar-refractivity contribution >= 4 is 92.4 Å². The molecule has 4 nitrogen and oxygen atoms in total. The summed E-state index contributed by atoms with van der Waals surface area (Å²) < 4.78 is 5.75. The first-order valence-electron chi connectivity index (χ1n) is 20.5. The third kappa shape index (κ3) is 5.45. The Morgan fingerprint density at radius 1 is 0.508 bits per heavy atom. The van der Waals surface area contributed by atoms with Crippen LogP contribution in [-0.4, -0.2) is 19.1 Å². The molecule has 0 aliphatic carbocycles. The summed E-state index contributed by atoms with van der Waals surface area (Å²) >= 11 is 1.81. The van der Waals surface area contributed by atoms with Gasteiger partial charge in [-0.15, -0.1) is 11.3 Å². The number of allylic oxidation sites excluding steroid dienone is 4. The second-order valence-corrected chi connectivity index (χ2v) is 16.5. The quantitative estimate of drug-likeness (QED) is 0.151. The highest BCUT2D eigenvalue weighted by atomic mass is 32.1. The number of rotatable bonds is 7. The molecule has 0 unspecified atom stereocenters. The third-order valence-electron chi connectivity index (χ3n) is 12.1. The lowest BCUT2D eigenvalue weighted by Crippen LogP contribution is -2.04. The Bertz CT molecular complexity index is 3790. The maximum atomic E-state index is 5.57. The van der Waals surface area contributed by atoms with Crippen LogP contribution in [0.25, 0.3) is 120 Å². The maximum Gasteiger partial charge on any atom is 0.235 e. The van der Waals surface area contributed by atoms with Gasteiger partial charge in [0.05, 0.1) is 33.3 Å². The zero-order valence-electron chi connectivity index (χ0n) is 33.1. The molecule has 8 aromatic carbocycles. The molecule has 4 aromatic heterocycles. The molecule has 0 aliphatic heterocycles. The number of fused-ring (bicyclic) bond motifs is 11. The molecular weight excluding hydrogens is 761 g/mol. The number of hydrogen-bond acceptors (Lipinski definition) is 3. The summed E-state index contributed by atoms with van der Waals surface area (Å²) in [7, 11) is 0. The van der Waals surface area contributed by atoms with Gasteiger partial charge in [-0.1, -0.05) is 153 Å². The fraction of sp³-hybridized carbons (Fsp3) is 0. The molecule has 61 heavy (non-hydrogen) atoms. The first-order valence-corrected chi connectivity index (χ1v) is 21.3. The highest BCUT2D eigenvalue weighted by molar-refractivity contribution is 7.23. The lowest BCUT2D eigenvalue weighted by molar-refractivity contribution is 1.02. The van der Waals surface area contributed by atoms with Crippen LogP contribution in [0.5, 0.6) is 0 Å². The van der Waals surface area contributed by atoms with Crippen LogP contribution in [0.3, 0.4) is 0 Å². The van der Waals surface area contributed by atoms with Crippen LogP contribution in [0, 0.1) is 0 Å². The molecule has 0 saturated heterocycles. The minimum atomic E-state index is 0.648. The molecule has 0 saturated carbocycles. The standard InChI is InChI=1S/C56H36N4S/c1-3-15-41(4-2)59-48-23-14-13-22-43(48)45-32-38(26-30-49(45)59)39-27-31-50-46(33-39)44-28-24-35-16-11-12-21-42(35)54(44)60(50)56-57-47-29-25-40-34-51(36-17-7-5-8-18-36)61-55(40)52(47)53(58-56)37-19-9-6-10-20-37/h3-34H,1-2H2/b41-15+. The molecule has 5 heteroatoms. The summed E-state index contributed by atoms with van der Waals surface area (Å²) in [4.78, 5) is 12.3. The molecule has 4 heterocycles. The fourth-order valence-corrected chi connectivity index (χ4v) is 10.5. The summed E-state index contributed by atoms with van der Waals surface area (Å²) in [5, 5.41) is 9.28. The molecule has 12 aromatic rings. The molecule has 0 atom stereocenters. The average molecular weight is 797 g/mol. The first-order chi connectivity index (χ1) is 30.2. The summed E-state index contributed by atoms with van der Waals surface area (Å²) in [6.07, 6.45) is 5.71. The van der Waals surface area contributed by atoms with Crippen molar-refractivity contribution < 1.29 is 0 Å². The SMILES string of the molecule is C=C/C=C(\C=C)n1c2ccccc2c2cc(-c3ccc4c(c3)c3ccc5ccccc5c3n4-c3nc(-c4ccccc4)c4c(ccc5cc(-c6ccccc6)sc54)n3)ccc21. The number of aromatic nitrogens is 4. The Hall–Kier alpha value is -7.86. The van der Waals surface area contributed by atoms with E-state index >= 15 is 0 Å². The summed E-state index contributed by atoms with van der Waals surface area (Å²) in [6.45, 7) is 8.08. The molecule has 12 rings (SSSR count). The Morgan fingerprint density at radius 3 is 1.93 bits per heavy atom. The Morgan fingerprint density at radius 2 is 1.16 bits per heavy atom. The van der Waals surface area contributed by atoms with Crippen LogP contribution in [0.2, 0.25) is 0 Å². The zero-order valence-corrected chi connectivity index (χ0v) is 33.9. The van der Waals surface area contributed by atoms with Crippen molar-refractivity contribution in [2.24, 2.45) is 0 Å². The Kier molecular flexibility index (Phi) is 7.99. The molecule has 0 radical (unpaired) electrons. The monoisotopic (exact) mass is 796 g/mol. The number of benzene rings is 8. The van der Waals surface area contributed by atoms with Crippen LogP contribution in [-0.2, 0) is 0 Å². The van der Waals surface area contributed by atoms with Crippen molar-refractivity contribution in [3.8, 4) is 38.8 Å². The van der Waals surface area contributed by atoms with Crippen molar-refractivity contribution in [3.63, 3.8) is 0 Å². The van der Waals surface area contributed by atoms with Gasteiger partial charge in [-0.2, -0.15) is 0 Å². The number of para-hydroxylation sites is 1. The van der Waals surface area contributed by atoms with E-state index in [9.17, 15) is 0 Å². The fourth-order valence-electron chi connectivity index (χ4n) is 9.31. The van der Waals surface area contributed by atoms with Gasteiger partial charge in [-0.25, -0.2) is 9.97 Å². The van der Waals surface area contributed by atoms with E-state index in [2.05, 4.69) is 198 Å². The van der Waals surface area contributed by atoms with Crippen molar-refractivity contribution in [2.45, 2.75) is 0 Å². The van der Waals surface area contributed by atoms with E-state index in [4.69, 9.17) is 9.97 Å². The molecule has 0 fully saturated rings. The second-order valence-electron chi connectivity index (χ2n) is 15.5. The van der Waals surface area contributed by atoms with Gasteiger partial charge < -0.3 is 4.57 Å². The molecule has 0 spiro atoms. The van der Waals surface area contributed by atoms with E-state index in [1.807, 2.05) is 18.2 Å². The van der Waals surface area contributed by atoms with Crippen molar-refractivity contribution in [1.29, 1.82) is 0 Å². The normalized spacial score (nSPS) is 12.2. The molecule has 286 valence electrons. The lowest BCUT2D eigenvalue weighted by Gasteiger charge is -2.13. The van der Waals surface area contributed by atoms with E-state index in [0.29, 0.717) is 5.95 Å². The van der Waals surface area contributed by atoms with Gasteiger partial charge >= 0.3 is 0 Å². The third-order valence-corrected chi connectivity index (χ3v) is 13.3. The van der Waals surface area contributed by atoms with Crippen LogP contribution < -0.4 is 0 Å². The van der Waals surface area contributed by atoms with E-state index in [-0.39, 0.29) is 0 Å². The molecule has 0 N–H and O–H groups in total. The van der Waals surface area contributed by atoms with E-state index in [1.165, 1.54) is 36.7 Å². The molecule has 0 aliphatic rings. The zero-order chi connectivity index (χ0) is 40.6. The van der Waals surface area contributed by atoms with E-state index in [1.54, 1.807) is 11.3 Å². The van der Waals surface area contributed by atoms with Gasteiger partial charge in [0.15, 0.2) is 0 Å². The minimum absolute atomic E-state index is 0.648. The summed E-state index contributed by atoms with van der Waals surface area (Å²) in [6, 6.07) is 63.2. The van der Waals surface area contributed by atoms with Gasteiger partial charge in [-0.3, -0.25) is 4.57 Å². The van der Waals surface area contributed by atoms with Gasteiger partial charge in [-0.05, 0) is 82.1 Å². The van der Waals surface area contributed by atoms with Crippen LogP contribution in [0.15, 0.2) is 207 Å². The second kappa shape index (κ2) is 13.9. The van der Waals surface area contributed by atoms with Crippen molar-refractivity contribution in [2.75, 3.05) is 0 Å². The topological polar surface area (TPSA) is 35.6 Å². The lowest BCUT2D eigenvalue weighted by atomic mass is 10.00. The average Bonchev–Trinajstić information content (AvgIpc) is 4.01. The van der Waals surface area contributed by atoms with Gasteiger partial charge in [0.1, 0.15) is 0 Å². The smallest absolute Gasteiger partial charge is 0.235 e.